The topological polar surface area (TPSA) is 129 Å². The molecule has 1 aliphatic heterocycles. The summed E-state index contributed by atoms with van der Waals surface area (Å²) in [7, 11) is 0. The summed E-state index contributed by atoms with van der Waals surface area (Å²) in [6, 6.07) is 0.847. The fourth-order valence-corrected chi connectivity index (χ4v) is 4.98. The van der Waals surface area contributed by atoms with Crippen LogP contribution >= 0.6 is 22.6 Å². The van der Waals surface area contributed by atoms with E-state index in [1.807, 2.05) is 25.2 Å². The van der Waals surface area contributed by atoms with Crippen molar-refractivity contribution in [3.8, 4) is 0 Å². The van der Waals surface area contributed by atoms with Gasteiger partial charge < -0.3 is 21.1 Å². The summed E-state index contributed by atoms with van der Waals surface area (Å²) in [6.45, 7) is 2.71. The fraction of sp³-hybridized carbons (Fsp3) is 0.364. The Kier molecular flexibility index (Phi) is 6.58. The number of aliphatic imine (C=N–C) groups is 2. The Hall–Kier alpha value is -2.76. The third-order valence-corrected chi connectivity index (χ3v) is 6.93. The molecule has 0 amide bonds. The Labute approximate surface area is 198 Å². The molecule has 2 aromatic rings. The van der Waals surface area contributed by atoms with Gasteiger partial charge in [-0.15, -0.1) is 0 Å². The molecule has 168 valence electrons. The molecule has 0 saturated heterocycles. The van der Waals surface area contributed by atoms with Crippen molar-refractivity contribution >= 4 is 51.3 Å². The highest BCUT2D eigenvalue weighted by Gasteiger charge is 2.40. The number of pyridine rings is 1. The average Bonchev–Trinajstić information content (AvgIpc) is 3.44. The molecule has 0 fully saturated rings. The number of hydrogen-bond donors (Lipinski definition) is 4. The number of carbonyl (C=O) groups is 1. The monoisotopic (exact) mass is 550 g/mol. The number of carboxylic acids is 1. The van der Waals surface area contributed by atoms with Gasteiger partial charge in [-0.25, -0.2) is 14.4 Å². The van der Waals surface area contributed by atoms with Crippen LogP contribution in [0.5, 0.6) is 0 Å². The molecule has 32 heavy (non-hydrogen) atoms. The number of allylic oxidation sites excluding steroid dienone is 1. The van der Waals surface area contributed by atoms with Gasteiger partial charge in [0.2, 0.25) is 0 Å². The lowest BCUT2D eigenvalue weighted by Gasteiger charge is -2.32. The quantitative estimate of drug-likeness (QED) is 0.150. The third-order valence-electron chi connectivity index (χ3n) is 5.77. The van der Waals surface area contributed by atoms with E-state index in [0.29, 0.717) is 34.6 Å². The highest BCUT2D eigenvalue weighted by molar-refractivity contribution is 14.1. The number of halogens is 2. The SMILES string of the molecule is CC[C@H]1C=C[C@@H](I)[C@H](N=C(N=C(N)c2c[nH]c3ncc(F)cc23)C2=CCCN2)[C@H]1C(=O)O. The van der Waals surface area contributed by atoms with Crippen molar-refractivity contribution in [1.82, 2.24) is 15.3 Å². The van der Waals surface area contributed by atoms with Gasteiger partial charge in [0.05, 0.1) is 27.8 Å². The van der Waals surface area contributed by atoms with Crippen molar-refractivity contribution in [1.29, 1.82) is 0 Å². The van der Waals surface area contributed by atoms with Crippen molar-refractivity contribution in [2.24, 2.45) is 27.6 Å². The molecular formula is C22H24FIN6O2. The minimum atomic E-state index is -0.876. The van der Waals surface area contributed by atoms with Crippen LogP contribution in [-0.2, 0) is 4.79 Å². The van der Waals surface area contributed by atoms with Gasteiger partial charge in [0.25, 0.3) is 0 Å². The van der Waals surface area contributed by atoms with Crippen molar-refractivity contribution in [2.45, 2.75) is 29.7 Å². The Bertz CT molecular complexity index is 1150. The molecule has 0 bridgehead atoms. The van der Waals surface area contributed by atoms with Crippen molar-refractivity contribution < 1.29 is 14.3 Å². The molecule has 8 nitrogen and oxygen atoms in total. The number of aromatic amines is 1. The largest absolute Gasteiger partial charge is 0.481 e. The second kappa shape index (κ2) is 9.39. The van der Waals surface area contributed by atoms with Crippen LogP contribution in [0.3, 0.4) is 0 Å². The molecule has 4 rings (SSSR count). The summed E-state index contributed by atoms with van der Waals surface area (Å²) in [4.78, 5) is 28.5. The molecule has 3 heterocycles. The number of aromatic nitrogens is 2. The summed E-state index contributed by atoms with van der Waals surface area (Å²) in [5.74, 6) is -1.62. The van der Waals surface area contributed by atoms with Gasteiger partial charge in [0, 0.05) is 23.7 Å². The van der Waals surface area contributed by atoms with Crippen LogP contribution in [0.2, 0.25) is 0 Å². The zero-order valence-electron chi connectivity index (χ0n) is 17.4. The summed E-state index contributed by atoms with van der Waals surface area (Å²) < 4.78 is 13.6. The van der Waals surface area contributed by atoms with Crippen molar-refractivity contribution in [2.75, 3.05) is 6.54 Å². The standard InChI is InChI=1S/C22H24FIN6O2/c1-2-11-5-6-15(24)18(17(11)22(31)32)29-21(16-4-3-7-26-16)30-19(25)14-10-28-20-13(14)8-12(23)9-27-20/h4-6,8-11,15,17-18,26H,2-3,7H2,1H3,(H,27,28)(H,31,32)(H2,25,29,30)/t11-,15+,17-,18-/m0/s1. The summed E-state index contributed by atoms with van der Waals surface area (Å²) in [5, 5.41) is 13.7. The van der Waals surface area contributed by atoms with Crippen LogP contribution in [0.25, 0.3) is 11.0 Å². The predicted molar refractivity (Wildman–Crippen MR) is 131 cm³/mol. The van der Waals surface area contributed by atoms with Gasteiger partial charge in [-0.3, -0.25) is 9.79 Å². The van der Waals surface area contributed by atoms with E-state index < -0.39 is 23.7 Å². The molecule has 0 saturated carbocycles. The first-order valence-electron chi connectivity index (χ1n) is 10.4. The van der Waals surface area contributed by atoms with E-state index in [-0.39, 0.29) is 15.7 Å². The molecule has 0 aromatic carbocycles. The van der Waals surface area contributed by atoms with Crippen LogP contribution in [-0.4, -0.2) is 49.2 Å². The number of nitrogens with zero attached hydrogens (tertiary/aromatic N) is 3. The first kappa shape index (κ1) is 22.4. The number of fused-ring (bicyclic) bond motifs is 1. The molecule has 1 aliphatic carbocycles. The van der Waals surface area contributed by atoms with Crippen LogP contribution in [0.4, 0.5) is 4.39 Å². The zero-order valence-corrected chi connectivity index (χ0v) is 19.6. The van der Waals surface area contributed by atoms with Crippen LogP contribution in [0, 0.1) is 17.7 Å². The highest BCUT2D eigenvalue weighted by Crippen LogP contribution is 2.34. The Morgan fingerprint density at radius 2 is 2.25 bits per heavy atom. The smallest absolute Gasteiger partial charge is 0.309 e. The number of hydrogen-bond acceptors (Lipinski definition) is 4. The van der Waals surface area contributed by atoms with E-state index in [9.17, 15) is 14.3 Å². The maximum Gasteiger partial charge on any atom is 0.309 e. The van der Waals surface area contributed by atoms with Gasteiger partial charge in [0.1, 0.15) is 17.3 Å². The molecule has 2 aromatic heterocycles. The molecule has 0 radical (unpaired) electrons. The van der Waals surface area contributed by atoms with Crippen molar-refractivity contribution in [3.05, 3.63) is 53.8 Å². The molecule has 4 atom stereocenters. The Morgan fingerprint density at radius 1 is 1.44 bits per heavy atom. The molecule has 2 aliphatic rings. The first-order chi connectivity index (χ1) is 15.4. The maximum absolute atomic E-state index is 13.7. The number of rotatable bonds is 5. The molecule has 5 N–H and O–H groups in total. The minimum absolute atomic E-state index is 0.101. The van der Waals surface area contributed by atoms with Gasteiger partial charge in [0.15, 0.2) is 5.84 Å². The van der Waals surface area contributed by atoms with Crippen LogP contribution in [0.1, 0.15) is 25.3 Å². The Morgan fingerprint density at radius 3 is 2.94 bits per heavy atom. The minimum Gasteiger partial charge on any atom is -0.481 e. The second-order valence-electron chi connectivity index (χ2n) is 7.79. The van der Waals surface area contributed by atoms with Gasteiger partial charge in [-0.05, 0) is 24.8 Å². The van der Waals surface area contributed by atoms with E-state index in [1.54, 1.807) is 6.20 Å². The summed E-state index contributed by atoms with van der Waals surface area (Å²) >= 11 is 2.22. The number of carboxylic acid groups (broad SMARTS) is 1. The van der Waals surface area contributed by atoms with Gasteiger partial charge in [-0.2, -0.15) is 0 Å². The molecule has 10 heteroatoms. The van der Waals surface area contributed by atoms with E-state index in [4.69, 9.17) is 10.7 Å². The molecule has 0 spiro atoms. The molecule has 0 unspecified atom stereocenters. The first-order valence-corrected chi connectivity index (χ1v) is 11.7. The van der Waals surface area contributed by atoms with Crippen LogP contribution < -0.4 is 11.1 Å². The van der Waals surface area contributed by atoms with E-state index in [2.05, 4.69) is 42.9 Å². The lowest BCUT2D eigenvalue weighted by atomic mass is 9.79. The van der Waals surface area contributed by atoms with Gasteiger partial charge >= 0.3 is 5.97 Å². The highest BCUT2D eigenvalue weighted by atomic mass is 127. The van der Waals surface area contributed by atoms with E-state index in [0.717, 1.165) is 19.2 Å². The van der Waals surface area contributed by atoms with E-state index >= 15 is 0 Å². The fourth-order valence-electron chi connectivity index (χ4n) is 4.13. The number of nitrogens with one attached hydrogen (secondary N) is 2. The lowest BCUT2D eigenvalue weighted by molar-refractivity contribution is -0.144. The van der Waals surface area contributed by atoms with Gasteiger partial charge in [-0.1, -0.05) is 47.7 Å². The Balaban J connectivity index is 1.79. The number of amidine groups is 2. The maximum atomic E-state index is 13.7. The number of alkyl halides is 1. The number of aliphatic carboxylic acids is 1. The lowest BCUT2D eigenvalue weighted by Crippen LogP contribution is -2.41. The van der Waals surface area contributed by atoms with Crippen LogP contribution in [0.15, 0.2) is 52.4 Å². The normalized spacial score (nSPS) is 26.3. The number of nitrogens with two attached hydrogens (primary N) is 1. The molecular weight excluding hydrogens is 526 g/mol. The van der Waals surface area contributed by atoms with Crippen molar-refractivity contribution in [3.63, 3.8) is 0 Å². The zero-order chi connectivity index (χ0) is 22.8. The summed E-state index contributed by atoms with van der Waals surface area (Å²) in [5.41, 5.74) is 8.05. The predicted octanol–water partition coefficient (Wildman–Crippen LogP) is 3.15. The third kappa shape index (κ3) is 4.41. The number of H-pyrrole nitrogens is 1. The average molecular weight is 550 g/mol. The second-order valence-corrected chi connectivity index (χ2v) is 9.23. The van der Waals surface area contributed by atoms with E-state index in [1.165, 1.54) is 6.07 Å². The summed E-state index contributed by atoms with van der Waals surface area (Å²) in [6.07, 6.45) is 10.2.